The SMILES string of the molecule is CC(C)(C)N(CC(=O)O)C(=O)CNC(=O)OCC1c2ccccc2-c2ccccc21. The number of nitrogens with one attached hydrogen (secondary N) is 1. The Bertz CT molecular complexity index is 919. The van der Waals surface area contributed by atoms with Crippen molar-refractivity contribution in [3.63, 3.8) is 0 Å². The van der Waals surface area contributed by atoms with E-state index in [0.717, 1.165) is 22.3 Å². The molecule has 1 aliphatic carbocycles. The van der Waals surface area contributed by atoms with Crippen LogP contribution in [0.1, 0.15) is 37.8 Å². The molecule has 0 heterocycles. The van der Waals surface area contributed by atoms with Gasteiger partial charge in [-0.3, -0.25) is 9.59 Å². The number of carbonyl (C=O) groups excluding carboxylic acids is 2. The Morgan fingerprint density at radius 3 is 2.03 bits per heavy atom. The molecule has 30 heavy (non-hydrogen) atoms. The monoisotopic (exact) mass is 410 g/mol. The molecule has 0 saturated heterocycles. The molecule has 0 saturated carbocycles. The molecule has 0 atom stereocenters. The van der Waals surface area contributed by atoms with Gasteiger partial charge in [0.05, 0.1) is 0 Å². The zero-order valence-corrected chi connectivity index (χ0v) is 17.3. The van der Waals surface area contributed by atoms with Crippen LogP contribution in [0, 0.1) is 0 Å². The van der Waals surface area contributed by atoms with Gasteiger partial charge < -0.3 is 20.1 Å². The van der Waals surface area contributed by atoms with Crippen LogP contribution in [0.2, 0.25) is 0 Å². The fourth-order valence-corrected chi connectivity index (χ4v) is 3.73. The van der Waals surface area contributed by atoms with Crippen molar-refractivity contribution < 1.29 is 24.2 Å². The Balaban J connectivity index is 1.60. The lowest BCUT2D eigenvalue weighted by Crippen LogP contribution is -2.51. The molecule has 7 nitrogen and oxygen atoms in total. The first kappa shape index (κ1) is 21.4. The number of carbonyl (C=O) groups is 3. The number of ether oxygens (including phenoxy) is 1. The second-order valence-corrected chi connectivity index (χ2v) is 8.22. The number of hydrogen-bond donors (Lipinski definition) is 2. The molecule has 2 aromatic carbocycles. The lowest BCUT2D eigenvalue weighted by atomic mass is 9.98. The number of fused-ring (bicyclic) bond motifs is 3. The molecule has 0 spiro atoms. The third-order valence-corrected chi connectivity index (χ3v) is 5.13. The number of nitrogens with zero attached hydrogens (tertiary/aromatic N) is 1. The molecule has 3 rings (SSSR count). The van der Waals surface area contributed by atoms with Crippen LogP contribution in [0.4, 0.5) is 4.79 Å². The highest BCUT2D eigenvalue weighted by atomic mass is 16.5. The molecule has 2 amide bonds. The fraction of sp³-hybridized carbons (Fsp3) is 0.348. The Morgan fingerprint density at radius 1 is 1.00 bits per heavy atom. The first-order valence-electron chi connectivity index (χ1n) is 9.79. The van der Waals surface area contributed by atoms with E-state index in [1.807, 2.05) is 36.4 Å². The van der Waals surface area contributed by atoms with Crippen LogP contribution in [0.5, 0.6) is 0 Å². The number of carboxylic acid groups (broad SMARTS) is 1. The summed E-state index contributed by atoms with van der Waals surface area (Å²) in [5.74, 6) is -1.67. The van der Waals surface area contributed by atoms with E-state index in [-0.39, 0.29) is 19.1 Å². The standard InChI is InChI=1S/C23H26N2O5/c1-23(2,3)25(13-21(27)28)20(26)12-24-22(29)30-14-19-17-10-6-4-8-15(17)16-9-5-7-11-18(16)19/h4-11,19H,12-14H2,1-3H3,(H,24,29)(H,27,28). The smallest absolute Gasteiger partial charge is 0.407 e. The lowest BCUT2D eigenvalue weighted by Gasteiger charge is -2.34. The van der Waals surface area contributed by atoms with Crippen molar-refractivity contribution in [2.24, 2.45) is 0 Å². The second kappa shape index (κ2) is 8.57. The summed E-state index contributed by atoms with van der Waals surface area (Å²) in [5, 5.41) is 11.5. The number of carboxylic acids is 1. The average molecular weight is 410 g/mol. The highest BCUT2D eigenvalue weighted by molar-refractivity contribution is 5.86. The number of amides is 2. The minimum Gasteiger partial charge on any atom is -0.480 e. The van der Waals surface area contributed by atoms with Gasteiger partial charge in [0, 0.05) is 11.5 Å². The van der Waals surface area contributed by atoms with Crippen LogP contribution in [-0.2, 0) is 14.3 Å². The summed E-state index contributed by atoms with van der Waals surface area (Å²) >= 11 is 0. The molecule has 7 heteroatoms. The maximum absolute atomic E-state index is 12.4. The van der Waals surface area contributed by atoms with Crippen molar-refractivity contribution in [2.45, 2.75) is 32.2 Å². The van der Waals surface area contributed by atoms with Crippen LogP contribution in [-0.4, -0.2) is 53.2 Å². The van der Waals surface area contributed by atoms with Gasteiger partial charge >= 0.3 is 12.1 Å². The summed E-state index contributed by atoms with van der Waals surface area (Å²) in [5.41, 5.74) is 3.78. The van der Waals surface area contributed by atoms with E-state index in [1.54, 1.807) is 20.8 Å². The molecule has 1 aliphatic rings. The van der Waals surface area contributed by atoms with Crippen molar-refractivity contribution in [1.82, 2.24) is 10.2 Å². The molecule has 2 aromatic rings. The molecule has 0 fully saturated rings. The van der Waals surface area contributed by atoms with Crippen LogP contribution >= 0.6 is 0 Å². The van der Waals surface area contributed by atoms with Crippen molar-refractivity contribution in [2.75, 3.05) is 19.7 Å². The number of hydrogen-bond acceptors (Lipinski definition) is 4. The van der Waals surface area contributed by atoms with Crippen LogP contribution in [0.25, 0.3) is 11.1 Å². The minimum atomic E-state index is -1.11. The van der Waals surface area contributed by atoms with E-state index in [0.29, 0.717) is 0 Å². The second-order valence-electron chi connectivity index (χ2n) is 8.22. The molecular weight excluding hydrogens is 384 g/mol. The Kier molecular flexibility index (Phi) is 6.10. The first-order valence-corrected chi connectivity index (χ1v) is 9.79. The average Bonchev–Trinajstić information content (AvgIpc) is 3.01. The zero-order chi connectivity index (χ0) is 21.9. The Morgan fingerprint density at radius 2 is 1.53 bits per heavy atom. The van der Waals surface area contributed by atoms with Gasteiger partial charge in [-0.2, -0.15) is 0 Å². The molecule has 0 bridgehead atoms. The summed E-state index contributed by atoms with van der Waals surface area (Å²) in [6.07, 6.45) is -0.714. The molecule has 0 unspecified atom stereocenters. The summed E-state index contributed by atoms with van der Waals surface area (Å²) < 4.78 is 5.40. The summed E-state index contributed by atoms with van der Waals surface area (Å²) in [6.45, 7) is 4.59. The summed E-state index contributed by atoms with van der Waals surface area (Å²) in [7, 11) is 0. The van der Waals surface area contributed by atoms with Crippen molar-refractivity contribution in [3.8, 4) is 11.1 Å². The lowest BCUT2D eigenvalue weighted by molar-refractivity contribution is -0.147. The molecule has 0 aromatic heterocycles. The van der Waals surface area contributed by atoms with Gasteiger partial charge in [-0.15, -0.1) is 0 Å². The third-order valence-electron chi connectivity index (χ3n) is 5.13. The zero-order valence-electron chi connectivity index (χ0n) is 17.3. The predicted octanol–water partition coefficient (Wildman–Crippen LogP) is 3.24. The maximum Gasteiger partial charge on any atom is 0.407 e. The van der Waals surface area contributed by atoms with E-state index in [1.165, 1.54) is 4.90 Å². The quantitative estimate of drug-likeness (QED) is 0.762. The highest BCUT2D eigenvalue weighted by Gasteiger charge is 2.30. The van der Waals surface area contributed by atoms with Crippen molar-refractivity contribution in [3.05, 3.63) is 59.7 Å². The first-order chi connectivity index (χ1) is 14.2. The maximum atomic E-state index is 12.4. The van der Waals surface area contributed by atoms with E-state index < -0.39 is 30.1 Å². The van der Waals surface area contributed by atoms with Gasteiger partial charge in [-0.05, 0) is 43.0 Å². The van der Waals surface area contributed by atoms with Gasteiger partial charge in [0.2, 0.25) is 5.91 Å². The highest BCUT2D eigenvalue weighted by Crippen LogP contribution is 2.44. The molecule has 158 valence electrons. The molecule has 0 radical (unpaired) electrons. The van der Waals surface area contributed by atoms with Crippen LogP contribution in [0.15, 0.2) is 48.5 Å². The molecular formula is C23H26N2O5. The topological polar surface area (TPSA) is 95.9 Å². The molecule has 0 aliphatic heterocycles. The van der Waals surface area contributed by atoms with Gasteiger partial charge in [0.1, 0.15) is 19.7 Å². The largest absolute Gasteiger partial charge is 0.480 e. The van der Waals surface area contributed by atoms with Gasteiger partial charge in [0.25, 0.3) is 0 Å². The summed E-state index contributed by atoms with van der Waals surface area (Å²) in [4.78, 5) is 36.9. The molecule has 2 N–H and O–H groups in total. The summed E-state index contributed by atoms with van der Waals surface area (Å²) in [6, 6.07) is 16.0. The number of alkyl carbamates (subject to hydrolysis) is 1. The minimum absolute atomic E-state index is 0.0723. The number of rotatable bonds is 6. The Hall–Kier alpha value is -3.35. The number of aliphatic carboxylic acids is 1. The van der Waals surface area contributed by atoms with Gasteiger partial charge in [-0.1, -0.05) is 48.5 Å². The van der Waals surface area contributed by atoms with E-state index in [9.17, 15) is 14.4 Å². The number of benzene rings is 2. The van der Waals surface area contributed by atoms with Crippen molar-refractivity contribution >= 4 is 18.0 Å². The van der Waals surface area contributed by atoms with Gasteiger partial charge in [0.15, 0.2) is 0 Å². The predicted molar refractivity (Wildman–Crippen MR) is 112 cm³/mol. The van der Waals surface area contributed by atoms with E-state index in [4.69, 9.17) is 9.84 Å². The van der Waals surface area contributed by atoms with Gasteiger partial charge in [-0.25, -0.2) is 4.79 Å². The van der Waals surface area contributed by atoms with Crippen molar-refractivity contribution in [1.29, 1.82) is 0 Å². The normalized spacial score (nSPS) is 12.6. The van der Waals surface area contributed by atoms with Crippen LogP contribution < -0.4 is 5.32 Å². The third kappa shape index (κ3) is 4.62. The fourth-order valence-electron chi connectivity index (χ4n) is 3.73. The van der Waals surface area contributed by atoms with E-state index in [2.05, 4.69) is 17.4 Å². The Labute approximate surface area is 175 Å². The van der Waals surface area contributed by atoms with E-state index >= 15 is 0 Å². The van der Waals surface area contributed by atoms with Crippen LogP contribution in [0.3, 0.4) is 0 Å².